The number of rotatable bonds is 10. The van der Waals surface area contributed by atoms with Crippen molar-refractivity contribution in [1.82, 2.24) is 14.9 Å². The fourth-order valence-corrected chi connectivity index (χ4v) is 2.88. The number of allylic oxidation sites excluding steroid dienone is 1. The second-order valence-electron chi connectivity index (χ2n) is 5.92. The number of nitrogens with two attached hydrogens (primary N) is 1. The highest BCUT2D eigenvalue weighted by Crippen LogP contribution is 2.26. The van der Waals surface area contributed by atoms with Crippen LogP contribution in [-0.2, 0) is 20.9 Å². The molecule has 0 saturated heterocycles. The van der Waals surface area contributed by atoms with E-state index in [0.717, 1.165) is 4.91 Å². The summed E-state index contributed by atoms with van der Waals surface area (Å²) in [6.07, 6.45) is 2.62. The van der Waals surface area contributed by atoms with Gasteiger partial charge >= 0.3 is 5.97 Å². The van der Waals surface area contributed by atoms with Gasteiger partial charge in [-0.25, -0.2) is 9.97 Å². The fraction of sp³-hybridized carbons (Fsp3) is 0.529. The van der Waals surface area contributed by atoms with E-state index in [1.165, 1.54) is 16.7 Å². The summed E-state index contributed by atoms with van der Waals surface area (Å²) >= 11 is 1.27. The number of aliphatic hydroxyl groups excluding tert-OH is 1. The lowest BCUT2D eigenvalue weighted by atomic mass is 10.2. The van der Waals surface area contributed by atoms with Gasteiger partial charge in [0.25, 0.3) is 0 Å². The number of carbonyl (C=O) groups is 2. The Morgan fingerprint density at radius 1 is 1.50 bits per heavy atom. The summed E-state index contributed by atoms with van der Waals surface area (Å²) in [5.74, 6) is 0.485. The number of hydrogen-bond acceptors (Lipinski definition) is 8. The van der Waals surface area contributed by atoms with Gasteiger partial charge in [0.2, 0.25) is 6.41 Å². The molecule has 0 unspecified atom stereocenters. The lowest BCUT2D eigenvalue weighted by molar-refractivity contribution is -0.145. The number of amides is 1. The zero-order valence-corrected chi connectivity index (χ0v) is 16.4. The molecule has 0 aliphatic rings. The average Bonchev–Trinajstić information content (AvgIpc) is 2.59. The Balaban J connectivity index is 2.90. The molecule has 0 spiro atoms. The van der Waals surface area contributed by atoms with Gasteiger partial charge in [-0.1, -0.05) is 25.6 Å². The number of aromatic nitrogens is 2. The normalized spacial score (nSPS) is 11.9. The van der Waals surface area contributed by atoms with Gasteiger partial charge in [0.05, 0.1) is 12.5 Å². The second-order valence-corrected chi connectivity index (χ2v) is 6.94. The number of nitrogens with zero attached hydrogens (tertiary/aromatic N) is 3. The number of anilines is 1. The first kappa shape index (κ1) is 21.9. The van der Waals surface area contributed by atoms with Crippen LogP contribution in [-0.4, -0.2) is 44.9 Å². The van der Waals surface area contributed by atoms with Crippen LogP contribution in [0.15, 0.2) is 16.8 Å². The van der Waals surface area contributed by atoms with Gasteiger partial charge in [0.15, 0.2) is 0 Å². The zero-order chi connectivity index (χ0) is 19.7. The van der Waals surface area contributed by atoms with Gasteiger partial charge in [-0.05, 0) is 13.8 Å². The highest BCUT2D eigenvalue weighted by molar-refractivity contribution is 8.02. The third-order valence-corrected chi connectivity index (χ3v) is 4.65. The van der Waals surface area contributed by atoms with Crippen molar-refractivity contribution in [2.24, 2.45) is 5.92 Å². The molecule has 0 aliphatic heterocycles. The molecule has 9 heteroatoms. The van der Waals surface area contributed by atoms with Crippen molar-refractivity contribution in [3.8, 4) is 0 Å². The molecule has 0 atom stereocenters. The lowest BCUT2D eigenvalue weighted by Gasteiger charge is -2.22. The summed E-state index contributed by atoms with van der Waals surface area (Å²) in [7, 11) is 0. The number of ether oxygens (including phenoxy) is 1. The molecule has 8 nitrogen and oxygen atoms in total. The highest BCUT2D eigenvalue weighted by atomic mass is 32.2. The minimum Gasteiger partial charge on any atom is -0.454 e. The number of aryl methyl sites for hydroxylation is 1. The Morgan fingerprint density at radius 2 is 2.19 bits per heavy atom. The highest BCUT2D eigenvalue weighted by Gasteiger charge is 2.15. The molecule has 0 radical (unpaired) electrons. The molecule has 0 aromatic carbocycles. The summed E-state index contributed by atoms with van der Waals surface area (Å²) in [6, 6.07) is 0. The van der Waals surface area contributed by atoms with E-state index >= 15 is 0 Å². The van der Waals surface area contributed by atoms with E-state index in [-0.39, 0.29) is 31.0 Å². The predicted octanol–water partition coefficient (Wildman–Crippen LogP) is 1.83. The van der Waals surface area contributed by atoms with Gasteiger partial charge in [-0.3, -0.25) is 9.59 Å². The van der Waals surface area contributed by atoms with Crippen molar-refractivity contribution < 1.29 is 19.4 Å². The maximum atomic E-state index is 11.6. The number of carbonyl (C=O) groups excluding carboxylic acids is 2. The van der Waals surface area contributed by atoms with Gasteiger partial charge in [0, 0.05) is 35.4 Å². The predicted molar refractivity (Wildman–Crippen MR) is 101 cm³/mol. The van der Waals surface area contributed by atoms with E-state index in [4.69, 9.17) is 10.5 Å². The monoisotopic (exact) mass is 382 g/mol. The van der Waals surface area contributed by atoms with Crippen LogP contribution in [0.1, 0.15) is 38.6 Å². The van der Waals surface area contributed by atoms with E-state index in [9.17, 15) is 14.7 Å². The smallest absolute Gasteiger partial charge is 0.309 e. The van der Waals surface area contributed by atoms with E-state index < -0.39 is 0 Å². The SMILES string of the molecule is C/C(=C(\CCO)SCOC(=O)C(C)C)N(C=O)Cc1cnc(C)nc1N. The zero-order valence-electron chi connectivity index (χ0n) is 15.6. The summed E-state index contributed by atoms with van der Waals surface area (Å²) in [5, 5.41) is 9.30. The van der Waals surface area contributed by atoms with Gasteiger partial charge in [-0.2, -0.15) is 0 Å². The summed E-state index contributed by atoms with van der Waals surface area (Å²) < 4.78 is 5.16. The molecule has 144 valence electrons. The van der Waals surface area contributed by atoms with Crippen molar-refractivity contribution in [3.05, 3.63) is 28.2 Å². The molecule has 0 fully saturated rings. The molecule has 1 amide bonds. The number of esters is 1. The lowest BCUT2D eigenvalue weighted by Crippen LogP contribution is -2.22. The Kier molecular flexibility index (Phi) is 9.08. The maximum Gasteiger partial charge on any atom is 0.309 e. The van der Waals surface area contributed by atoms with Crippen molar-refractivity contribution in [2.45, 2.75) is 40.7 Å². The Bertz CT molecular complexity index is 664. The van der Waals surface area contributed by atoms with Crippen LogP contribution < -0.4 is 5.73 Å². The fourth-order valence-electron chi connectivity index (χ4n) is 2.00. The molecule has 0 bridgehead atoms. The average molecular weight is 382 g/mol. The molecular weight excluding hydrogens is 356 g/mol. The molecule has 26 heavy (non-hydrogen) atoms. The molecular formula is C17H26N4O4S. The van der Waals surface area contributed by atoms with Crippen LogP contribution in [0.25, 0.3) is 0 Å². The molecule has 1 aromatic rings. The van der Waals surface area contributed by atoms with Gasteiger partial charge in [0.1, 0.15) is 17.6 Å². The quantitative estimate of drug-likeness (QED) is 0.357. The minimum absolute atomic E-state index is 0.0831. The number of aliphatic hydroxyl groups is 1. The first-order valence-electron chi connectivity index (χ1n) is 8.20. The van der Waals surface area contributed by atoms with Crippen LogP contribution in [0, 0.1) is 12.8 Å². The van der Waals surface area contributed by atoms with Crippen LogP contribution >= 0.6 is 11.8 Å². The van der Waals surface area contributed by atoms with Crippen LogP contribution in [0.2, 0.25) is 0 Å². The topological polar surface area (TPSA) is 119 Å². The Hall–Kier alpha value is -2.13. The Labute approximate surface area is 157 Å². The first-order chi connectivity index (χ1) is 12.3. The van der Waals surface area contributed by atoms with Crippen molar-refractivity contribution in [1.29, 1.82) is 0 Å². The number of nitrogen functional groups attached to an aromatic ring is 1. The second kappa shape index (κ2) is 10.8. The third-order valence-electron chi connectivity index (χ3n) is 3.57. The minimum atomic E-state index is -0.296. The van der Waals surface area contributed by atoms with E-state index in [1.807, 2.05) is 0 Å². The standard InChI is InChI=1S/C17H26N4O4S/c1-11(2)17(24)25-10-26-15(5-6-22)12(3)21(9-23)8-14-7-19-13(4)20-16(14)18/h7,9,11,22H,5-6,8,10H2,1-4H3,(H2,18,19,20)/b15-12-. The van der Waals surface area contributed by atoms with E-state index in [1.54, 1.807) is 33.9 Å². The molecule has 3 N–H and O–H groups in total. The number of hydrogen-bond donors (Lipinski definition) is 2. The van der Waals surface area contributed by atoms with Gasteiger partial charge < -0.3 is 20.5 Å². The van der Waals surface area contributed by atoms with Crippen LogP contribution in [0.3, 0.4) is 0 Å². The molecule has 1 aromatic heterocycles. The largest absolute Gasteiger partial charge is 0.454 e. The summed E-state index contributed by atoms with van der Waals surface area (Å²) in [4.78, 5) is 33.5. The van der Waals surface area contributed by atoms with E-state index in [2.05, 4.69) is 9.97 Å². The summed E-state index contributed by atoms with van der Waals surface area (Å²) in [6.45, 7) is 7.14. The molecule has 0 aliphatic carbocycles. The van der Waals surface area contributed by atoms with E-state index in [0.29, 0.717) is 35.7 Å². The van der Waals surface area contributed by atoms with Gasteiger partial charge in [-0.15, -0.1) is 0 Å². The first-order valence-corrected chi connectivity index (χ1v) is 9.18. The maximum absolute atomic E-state index is 11.6. The van der Waals surface area contributed by atoms with Crippen molar-refractivity contribution >= 4 is 30.0 Å². The third kappa shape index (κ3) is 6.64. The number of thioether (sulfide) groups is 1. The molecule has 0 saturated carbocycles. The van der Waals surface area contributed by atoms with Crippen LogP contribution in [0.5, 0.6) is 0 Å². The Morgan fingerprint density at radius 3 is 2.73 bits per heavy atom. The van der Waals surface area contributed by atoms with Crippen LogP contribution in [0.4, 0.5) is 5.82 Å². The molecule has 1 rings (SSSR count). The molecule has 1 heterocycles. The van der Waals surface area contributed by atoms with Crippen molar-refractivity contribution in [3.63, 3.8) is 0 Å². The van der Waals surface area contributed by atoms with Crippen molar-refractivity contribution in [2.75, 3.05) is 18.3 Å². The summed E-state index contributed by atoms with van der Waals surface area (Å²) in [5.41, 5.74) is 7.17.